The van der Waals surface area contributed by atoms with Crippen LogP contribution in [0.15, 0.2) is 91.9 Å². The normalized spacial score (nSPS) is 13.1. The minimum atomic E-state index is -1.76. The van der Waals surface area contributed by atoms with Gasteiger partial charge in [0.05, 0.1) is 29.3 Å². The van der Waals surface area contributed by atoms with Crippen LogP contribution in [-0.2, 0) is 26.3 Å². The molecule has 1 aromatic heterocycles. The summed E-state index contributed by atoms with van der Waals surface area (Å²) in [7, 11) is 0. The van der Waals surface area contributed by atoms with Gasteiger partial charge in [-0.15, -0.1) is 0 Å². The second-order valence-corrected chi connectivity index (χ2v) is 10.6. The molecule has 8 heteroatoms. The number of imidazole rings is 1. The predicted molar refractivity (Wildman–Crippen MR) is 165 cm³/mol. The maximum absolute atomic E-state index is 14.8. The van der Waals surface area contributed by atoms with Gasteiger partial charge in [0.25, 0.3) is 5.91 Å². The molecule has 216 valence electrons. The van der Waals surface area contributed by atoms with E-state index in [1.54, 1.807) is 30.0 Å². The van der Waals surface area contributed by atoms with Gasteiger partial charge < -0.3 is 9.30 Å². The molecule has 0 radical (unpaired) electrons. The number of hydrogen-bond donors (Lipinski definition) is 1. The van der Waals surface area contributed by atoms with E-state index in [4.69, 9.17) is 4.74 Å². The summed E-state index contributed by atoms with van der Waals surface area (Å²) in [6.07, 6.45) is 6.47. The molecule has 0 spiro atoms. The first-order chi connectivity index (χ1) is 20.3. The van der Waals surface area contributed by atoms with Crippen LogP contribution in [0.25, 0.3) is 10.8 Å². The number of nitrogens with one attached hydrogen (secondary N) is 1. The van der Waals surface area contributed by atoms with E-state index in [0.717, 1.165) is 29.2 Å². The zero-order valence-corrected chi connectivity index (χ0v) is 24.4. The van der Waals surface area contributed by atoms with Gasteiger partial charge in [-0.3, -0.25) is 9.59 Å². The Morgan fingerprint density at radius 3 is 2.62 bits per heavy atom. The molecule has 2 atom stereocenters. The summed E-state index contributed by atoms with van der Waals surface area (Å²) in [5.74, 6) is -0.735. The van der Waals surface area contributed by atoms with Gasteiger partial charge in [-0.25, -0.2) is 15.4 Å². The largest absolute Gasteiger partial charge is 0.460 e. The number of benzene rings is 3. The lowest BCUT2D eigenvalue weighted by Gasteiger charge is -2.34. The fourth-order valence-electron chi connectivity index (χ4n) is 4.85. The molecule has 0 aliphatic heterocycles. The van der Waals surface area contributed by atoms with Crippen molar-refractivity contribution in [2.45, 2.75) is 45.6 Å². The second-order valence-electron chi connectivity index (χ2n) is 10.6. The van der Waals surface area contributed by atoms with Gasteiger partial charge in [-0.2, -0.15) is 5.26 Å². The van der Waals surface area contributed by atoms with Crippen molar-refractivity contribution in [3.05, 3.63) is 109 Å². The van der Waals surface area contributed by atoms with Gasteiger partial charge in [0.1, 0.15) is 6.61 Å². The summed E-state index contributed by atoms with van der Waals surface area (Å²) in [5.41, 5.74) is 4.06. The van der Waals surface area contributed by atoms with Crippen LogP contribution in [0.5, 0.6) is 0 Å². The van der Waals surface area contributed by atoms with Crippen LogP contribution in [-0.4, -0.2) is 34.6 Å². The average molecular weight is 564 g/mol. The number of anilines is 1. The Balaban J connectivity index is 1.81. The fraction of sp³-hybridized carbons (Fsp3) is 0.294. The Morgan fingerprint density at radius 1 is 1.17 bits per heavy atom. The SMILES string of the molecule is C=CCOC(=O)[C@](C)(C(=O)N(NCC[C@@H](C)CC)c1cccc2ccccc12)c1cncn1Cc1ccc(C#N)cc1. The van der Waals surface area contributed by atoms with Crippen molar-refractivity contribution in [3.63, 3.8) is 0 Å². The number of esters is 1. The molecule has 3 aromatic carbocycles. The lowest BCUT2D eigenvalue weighted by atomic mass is 9.85. The Bertz CT molecular complexity index is 1580. The third kappa shape index (κ3) is 6.42. The molecule has 0 fully saturated rings. The number of fused-ring (bicyclic) bond motifs is 1. The number of rotatable bonds is 13. The van der Waals surface area contributed by atoms with Gasteiger partial charge in [0.15, 0.2) is 5.41 Å². The number of carbonyl (C=O) groups excluding carboxylic acids is 2. The first-order valence-electron chi connectivity index (χ1n) is 14.2. The summed E-state index contributed by atoms with van der Waals surface area (Å²) < 4.78 is 7.33. The Morgan fingerprint density at radius 2 is 1.90 bits per heavy atom. The maximum Gasteiger partial charge on any atom is 0.327 e. The number of hydrogen-bond acceptors (Lipinski definition) is 6. The number of ether oxygens (including phenoxy) is 1. The molecular formula is C34H37N5O3. The van der Waals surface area contributed by atoms with Crippen LogP contribution in [0, 0.1) is 17.2 Å². The van der Waals surface area contributed by atoms with E-state index in [0.29, 0.717) is 36.0 Å². The minimum absolute atomic E-state index is 0.0405. The van der Waals surface area contributed by atoms with Crippen LogP contribution in [0.4, 0.5) is 5.69 Å². The molecule has 0 unspecified atom stereocenters. The van der Waals surface area contributed by atoms with E-state index < -0.39 is 17.3 Å². The molecule has 0 saturated carbocycles. The third-order valence-corrected chi connectivity index (χ3v) is 7.64. The highest BCUT2D eigenvalue weighted by Crippen LogP contribution is 2.33. The highest BCUT2D eigenvalue weighted by atomic mass is 16.5. The lowest BCUT2D eigenvalue weighted by molar-refractivity contribution is -0.153. The minimum Gasteiger partial charge on any atom is -0.460 e. The highest BCUT2D eigenvalue weighted by molar-refractivity contribution is 6.16. The van der Waals surface area contributed by atoms with E-state index in [1.807, 2.05) is 54.6 Å². The van der Waals surface area contributed by atoms with Gasteiger partial charge in [-0.05, 0) is 48.4 Å². The molecule has 1 N–H and O–H groups in total. The number of hydrazine groups is 1. The van der Waals surface area contributed by atoms with E-state index in [2.05, 4.69) is 36.9 Å². The van der Waals surface area contributed by atoms with E-state index in [-0.39, 0.29) is 6.61 Å². The molecule has 1 heterocycles. The quantitative estimate of drug-likeness (QED) is 0.0939. The first kappa shape index (κ1) is 30.2. The fourth-order valence-corrected chi connectivity index (χ4v) is 4.85. The van der Waals surface area contributed by atoms with Gasteiger partial charge >= 0.3 is 5.97 Å². The first-order valence-corrected chi connectivity index (χ1v) is 14.2. The third-order valence-electron chi connectivity index (χ3n) is 7.64. The molecule has 4 rings (SSSR count). The number of nitrogens with zero attached hydrogens (tertiary/aromatic N) is 4. The summed E-state index contributed by atoms with van der Waals surface area (Å²) >= 11 is 0. The van der Waals surface area contributed by atoms with Crippen LogP contribution in [0.1, 0.15) is 50.4 Å². The van der Waals surface area contributed by atoms with Gasteiger partial charge in [0.2, 0.25) is 0 Å². The van der Waals surface area contributed by atoms with E-state index in [9.17, 15) is 14.9 Å². The van der Waals surface area contributed by atoms with Crippen LogP contribution < -0.4 is 10.4 Å². The maximum atomic E-state index is 14.8. The van der Waals surface area contributed by atoms with Crippen LogP contribution in [0.3, 0.4) is 0 Å². The number of carbonyl (C=O) groups is 2. The van der Waals surface area contributed by atoms with Crippen molar-refractivity contribution in [3.8, 4) is 6.07 Å². The second kappa shape index (κ2) is 13.7. The molecule has 0 aliphatic carbocycles. The molecular weight excluding hydrogens is 526 g/mol. The molecule has 0 aliphatic rings. The summed E-state index contributed by atoms with van der Waals surface area (Å²) in [5, 5.41) is 12.5. The number of nitriles is 1. The van der Waals surface area contributed by atoms with Crippen LogP contribution >= 0.6 is 0 Å². The van der Waals surface area contributed by atoms with Gasteiger partial charge in [-0.1, -0.05) is 81.5 Å². The predicted octanol–water partition coefficient (Wildman–Crippen LogP) is 5.92. The summed E-state index contributed by atoms with van der Waals surface area (Å²) in [4.78, 5) is 33.0. The van der Waals surface area contributed by atoms with Crippen molar-refractivity contribution in [1.82, 2.24) is 15.0 Å². The lowest BCUT2D eigenvalue weighted by Crippen LogP contribution is -2.56. The van der Waals surface area contributed by atoms with Gasteiger partial charge in [0, 0.05) is 24.7 Å². The molecule has 42 heavy (non-hydrogen) atoms. The van der Waals surface area contributed by atoms with Crippen molar-refractivity contribution < 1.29 is 14.3 Å². The molecule has 8 nitrogen and oxygen atoms in total. The highest BCUT2D eigenvalue weighted by Gasteiger charge is 2.50. The zero-order valence-electron chi connectivity index (χ0n) is 24.4. The molecule has 1 amide bonds. The Kier molecular flexibility index (Phi) is 9.89. The van der Waals surface area contributed by atoms with Crippen molar-refractivity contribution in [2.75, 3.05) is 18.2 Å². The van der Waals surface area contributed by atoms with E-state index in [1.165, 1.54) is 17.3 Å². The topological polar surface area (TPSA) is 100 Å². The van der Waals surface area contributed by atoms with Crippen molar-refractivity contribution in [2.24, 2.45) is 5.92 Å². The Labute approximate surface area is 247 Å². The smallest absolute Gasteiger partial charge is 0.327 e. The summed E-state index contributed by atoms with van der Waals surface area (Å²) in [6.45, 7) is 10.4. The van der Waals surface area contributed by atoms with Crippen molar-refractivity contribution in [1.29, 1.82) is 5.26 Å². The molecule has 0 saturated heterocycles. The standard InChI is InChI=1S/C34H37N5O3/c1-5-20-42-33(41)34(4,31-22-36-24-38(31)23-27-16-14-26(21-35)15-17-27)32(40)39(37-19-18-25(3)6-2)30-13-9-11-28-10-7-8-12-29(28)30/h5,7-17,22,24-25,37H,1,6,18-20,23H2,2-4H3/t25-,34-/m0/s1. The Hall–Kier alpha value is -4.74. The van der Waals surface area contributed by atoms with Crippen LogP contribution in [0.2, 0.25) is 0 Å². The molecule has 4 aromatic rings. The number of amides is 1. The summed E-state index contributed by atoms with van der Waals surface area (Å²) in [6, 6.07) is 22.9. The van der Waals surface area contributed by atoms with E-state index >= 15 is 0 Å². The number of aromatic nitrogens is 2. The molecule has 0 bridgehead atoms. The average Bonchev–Trinajstić information content (AvgIpc) is 3.49. The van der Waals surface area contributed by atoms with Crippen molar-refractivity contribution >= 4 is 28.3 Å². The monoisotopic (exact) mass is 563 g/mol. The zero-order chi connectivity index (χ0) is 30.1.